The van der Waals surface area contributed by atoms with Gasteiger partial charge in [0.15, 0.2) is 0 Å². The van der Waals surface area contributed by atoms with Crippen molar-refractivity contribution < 1.29 is 4.79 Å². The van der Waals surface area contributed by atoms with Crippen LogP contribution in [0.2, 0.25) is 0 Å². The number of hydrogen-bond donors (Lipinski definition) is 1. The van der Waals surface area contributed by atoms with Crippen molar-refractivity contribution in [2.24, 2.45) is 0 Å². The minimum Gasteiger partial charge on any atom is -0.354 e. The second-order valence-electron chi connectivity index (χ2n) is 3.89. The fraction of sp³-hybridized carbons (Fsp3) is 0.417. The second kappa shape index (κ2) is 4.41. The number of aromatic nitrogens is 2. The molecule has 0 fully saturated rings. The van der Waals surface area contributed by atoms with Gasteiger partial charge in [-0.1, -0.05) is 6.92 Å². The van der Waals surface area contributed by atoms with Crippen LogP contribution in [0.25, 0.3) is 10.2 Å². The predicted octanol–water partition coefficient (Wildman–Crippen LogP) is 2.23. The average molecular weight is 249 g/mol. The van der Waals surface area contributed by atoms with Gasteiger partial charge < -0.3 is 5.32 Å². The lowest BCUT2D eigenvalue weighted by Crippen LogP contribution is -2.17. The molecular formula is C12H15N3OS. The third kappa shape index (κ3) is 1.91. The quantitative estimate of drug-likeness (QED) is 0.888. The molecule has 1 amide bonds. The summed E-state index contributed by atoms with van der Waals surface area (Å²) in [6, 6.07) is 0. The van der Waals surface area contributed by atoms with Crippen molar-refractivity contribution in [1.29, 1.82) is 0 Å². The van der Waals surface area contributed by atoms with E-state index in [1.807, 2.05) is 20.8 Å². The molecule has 0 spiro atoms. The summed E-state index contributed by atoms with van der Waals surface area (Å²) in [5.41, 5.74) is 1.93. The maximum atomic E-state index is 11.7. The molecule has 2 heterocycles. The first-order valence-electron chi connectivity index (χ1n) is 5.57. The van der Waals surface area contributed by atoms with E-state index >= 15 is 0 Å². The molecule has 0 aliphatic rings. The number of rotatable bonds is 2. The van der Waals surface area contributed by atoms with Crippen LogP contribution in [0.4, 0.5) is 0 Å². The van der Waals surface area contributed by atoms with Gasteiger partial charge in [-0.3, -0.25) is 4.79 Å². The molecule has 2 aromatic rings. The molecule has 4 nitrogen and oxygen atoms in total. The molecule has 0 radical (unpaired) electrons. The number of aryl methyl sites for hydroxylation is 3. The van der Waals surface area contributed by atoms with Crippen LogP contribution in [-0.4, -0.2) is 22.9 Å². The Balaban J connectivity index is 2.73. The van der Waals surface area contributed by atoms with Crippen LogP contribution >= 0.6 is 11.3 Å². The predicted molar refractivity (Wildman–Crippen MR) is 69.7 cm³/mol. The second-order valence-corrected chi connectivity index (χ2v) is 4.89. The molecule has 0 aliphatic carbocycles. The maximum Gasteiger partial charge on any atom is 0.261 e. The summed E-state index contributed by atoms with van der Waals surface area (Å²) in [6.07, 6.45) is 0.809. The molecule has 0 saturated heterocycles. The molecule has 0 bridgehead atoms. The summed E-state index contributed by atoms with van der Waals surface area (Å²) >= 11 is 1.44. The van der Waals surface area contributed by atoms with Gasteiger partial charge in [0.05, 0.1) is 4.88 Å². The summed E-state index contributed by atoms with van der Waals surface area (Å²) < 4.78 is 0. The minimum atomic E-state index is -0.0528. The van der Waals surface area contributed by atoms with Crippen LogP contribution in [0, 0.1) is 13.8 Å². The van der Waals surface area contributed by atoms with Gasteiger partial charge in [0.2, 0.25) is 0 Å². The van der Waals surface area contributed by atoms with Crippen LogP contribution in [0.1, 0.15) is 33.7 Å². The number of nitrogens with zero attached hydrogens (tertiary/aromatic N) is 2. The first-order chi connectivity index (χ1) is 8.08. The van der Waals surface area contributed by atoms with Gasteiger partial charge in [0.1, 0.15) is 10.7 Å². The summed E-state index contributed by atoms with van der Waals surface area (Å²) in [4.78, 5) is 22.3. The van der Waals surface area contributed by atoms with Crippen molar-refractivity contribution in [3.05, 3.63) is 22.0 Å². The van der Waals surface area contributed by atoms with E-state index in [2.05, 4.69) is 15.3 Å². The third-order valence-electron chi connectivity index (χ3n) is 2.77. The molecule has 0 atom stereocenters. The zero-order valence-corrected chi connectivity index (χ0v) is 11.2. The highest BCUT2D eigenvalue weighted by atomic mass is 32.1. The summed E-state index contributed by atoms with van der Waals surface area (Å²) in [5, 5.41) is 3.67. The molecule has 2 aromatic heterocycles. The van der Waals surface area contributed by atoms with Crippen LogP contribution < -0.4 is 5.32 Å². The number of nitrogens with one attached hydrogen (secondary N) is 1. The van der Waals surface area contributed by atoms with E-state index in [4.69, 9.17) is 0 Å². The van der Waals surface area contributed by atoms with Crippen molar-refractivity contribution >= 4 is 27.5 Å². The highest BCUT2D eigenvalue weighted by molar-refractivity contribution is 7.20. The normalized spacial score (nSPS) is 10.8. The van der Waals surface area contributed by atoms with Gasteiger partial charge in [-0.15, -0.1) is 11.3 Å². The van der Waals surface area contributed by atoms with E-state index < -0.39 is 0 Å². The van der Waals surface area contributed by atoms with E-state index in [0.29, 0.717) is 0 Å². The van der Waals surface area contributed by atoms with Crippen LogP contribution in [-0.2, 0) is 6.42 Å². The lowest BCUT2D eigenvalue weighted by Gasteiger charge is -2.00. The van der Waals surface area contributed by atoms with E-state index in [1.54, 1.807) is 7.05 Å². The first kappa shape index (κ1) is 12.0. The number of carbonyl (C=O) groups excluding carboxylic acids is 1. The molecule has 17 heavy (non-hydrogen) atoms. The Morgan fingerprint density at radius 3 is 2.65 bits per heavy atom. The molecule has 1 N–H and O–H groups in total. The van der Waals surface area contributed by atoms with Gasteiger partial charge in [0, 0.05) is 24.5 Å². The molecular weight excluding hydrogens is 234 g/mol. The summed E-state index contributed by atoms with van der Waals surface area (Å²) in [6.45, 7) is 5.95. The van der Waals surface area contributed by atoms with Crippen molar-refractivity contribution in [2.75, 3.05) is 7.05 Å². The SMILES string of the molecule is CCc1nc(C)c2c(C)c(C(=O)NC)sc2n1. The Morgan fingerprint density at radius 2 is 2.06 bits per heavy atom. The molecule has 0 aromatic carbocycles. The fourth-order valence-electron chi connectivity index (χ4n) is 1.88. The zero-order chi connectivity index (χ0) is 12.6. The van der Waals surface area contributed by atoms with Crippen LogP contribution in [0.15, 0.2) is 0 Å². The Morgan fingerprint density at radius 1 is 1.35 bits per heavy atom. The molecule has 90 valence electrons. The minimum absolute atomic E-state index is 0.0528. The van der Waals surface area contributed by atoms with Gasteiger partial charge in [0.25, 0.3) is 5.91 Å². The average Bonchev–Trinajstić information content (AvgIpc) is 2.66. The van der Waals surface area contributed by atoms with Gasteiger partial charge in [-0.05, 0) is 19.4 Å². The summed E-state index contributed by atoms with van der Waals surface area (Å²) in [7, 11) is 1.64. The largest absolute Gasteiger partial charge is 0.354 e. The zero-order valence-electron chi connectivity index (χ0n) is 10.4. The van der Waals surface area contributed by atoms with E-state index in [1.165, 1.54) is 11.3 Å². The summed E-state index contributed by atoms with van der Waals surface area (Å²) in [5.74, 6) is 0.780. The lowest BCUT2D eigenvalue weighted by atomic mass is 10.1. The van der Waals surface area contributed by atoms with Crippen molar-refractivity contribution in [1.82, 2.24) is 15.3 Å². The molecule has 0 saturated carbocycles. The number of carbonyl (C=O) groups is 1. The van der Waals surface area contributed by atoms with Crippen LogP contribution in [0.3, 0.4) is 0 Å². The Kier molecular flexibility index (Phi) is 3.11. The highest BCUT2D eigenvalue weighted by Gasteiger charge is 2.17. The van der Waals surface area contributed by atoms with E-state index in [-0.39, 0.29) is 5.91 Å². The number of amides is 1. The number of fused-ring (bicyclic) bond motifs is 1. The topological polar surface area (TPSA) is 54.9 Å². The van der Waals surface area contributed by atoms with Crippen molar-refractivity contribution in [2.45, 2.75) is 27.2 Å². The standard InChI is InChI=1S/C12H15N3OS/c1-5-8-14-7(3)9-6(2)10(11(16)13-4)17-12(9)15-8/h5H2,1-4H3,(H,13,16). The first-order valence-corrected chi connectivity index (χ1v) is 6.38. The fourth-order valence-corrected chi connectivity index (χ4v) is 3.08. The Labute approximate surface area is 104 Å². The maximum absolute atomic E-state index is 11.7. The van der Waals surface area contributed by atoms with Crippen molar-refractivity contribution in [3.63, 3.8) is 0 Å². The van der Waals surface area contributed by atoms with Crippen LogP contribution in [0.5, 0.6) is 0 Å². The Hall–Kier alpha value is -1.49. The smallest absolute Gasteiger partial charge is 0.261 e. The van der Waals surface area contributed by atoms with Gasteiger partial charge >= 0.3 is 0 Å². The molecule has 0 aliphatic heterocycles. The van der Waals surface area contributed by atoms with Gasteiger partial charge in [-0.2, -0.15) is 0 Å². The van der Waals surface area contributed by atoms with Crippen molar-refractivity contribution in [3.8, 4) is 0 Å². The molecule has 0 unspecified atom stereocenters. The van der Waals surface area contributed by atoms with E-state index in [0.717, 1.165) is 38.6 Å². The monoisotopic (exact) mass is 249 g/mol. The Bertz CT molecular complexity index is 589. The van der Waals surface area contributed by atoms with Gasteiger partial charge in [-0.25, -0.2) is 9.97 Å². The number of thiophene rings is 1. The molecule has 5 heteroatoms. The highest BCUT2D eigenvalue weighted by Crippen LogP contribution is 2.31. The lowest BCUT2D eigenvalue weighted by molar-refractivity contribution is 0.0966. The van der Waals surface area contributed by atoms with E-state index in [9.17, 15) is 4.79 Å². The third-order valence-corrected chi connectivity index (χ3v) is 3.95. The number of hydrogen-bond acceptors (Lipinski definition) is 4. The molecule has 2 rings (SSSR count).